The number of rotatable bonds is 2. The van der Waals surface area contributed by atoms with Gasteiger partial charge in [-0.2, -0.15) is 0 Å². The molecule has 0 spiro atoms. The van der Waals surface area contributed by atoms with E-state index in [4.69, 9.17) is 0 Å². The van der Waals surface area contributed by atoms with E-state index in [1.165, 1.54) is 16.8 Å². The lowest BCUT2D eigenvalue weighted by atomic mass is 10.0. The van der Waals surface area contributed by atoms with Crippen LogP contribution < -0.4 is 10.2 Å². The molecule has 1 saturated heterocycles. The number of hydrogen-bond acceptors (Lipinski definition) is 2. The molecule has 0 saturated carbocycles. The van der Waals surface area contributed by atoms with E-state index in [2.05, 4.69) is 78.7 Å². The molecule has 0 bridgehead atoms. The van der Waals surface area contributed by atoms with Crippen molar-refractivity contribution in [1.29, 1.82) is 0 Å². The Bertz CT molecular complexity index is 547. The molecule has 1 aliphatic heterocycles. The molecule has 1 aliphatic rings. The van der Waals surface area contributed by atoms with Crippen LogP contribution in [0, 0.1) is 6.92 Å². The predicted molar refractivity (Wildman–Crippen MR) is 85.2 cm³/mol. The highest BCUT2D eigenvalue weighted by Crippen LogP contribution is 2.29. The van der Waals surface area contributed by atoms with Gasteiger partial charge < -0.3 is 10.2 Å². The number of hydrogen-bond donors (Lipinski definition) is 1. The van der Waals surface area contributed by atoms with Crippen molar-refractivity contribution >= 4 is 5.69 Å². The zero-order chi connectivity index (χ0) is 13.9. The van der Waals surface area contributed by atoms with E-state index in [1.807, 2.05) is 0 Å². The molecule has 0 aliphatic carbocycles. The van der Waals surface area contributed by atoms with Crippen molar-refractivity contribution in [3.63, 3.8) is 0 Å². The Kier molecular flexibility index (Phi) is 3.75. The molecule has 20 heavy (non-hydrogen) atoms. The van der Waals surface area contributed by atoms with Gasteiger partial charge in [0.15, 0.2) is 0 Å². The summed E-state index contributed by atoms with van der Waals surface area (Å²) in [6, 6.07) is 20.6. The summed E-state index contributed by atoms with van der Waals surface area (Å²) < 4.78 is 0. The molecule has 3 rings (SSSR count). The molecule has 2 nitrogen and oxygen atoms in total. The topological polar surface area (TPSA) is 15.3 Å². The molecule has 0 amide bonds. The standard InChI is InChI=1S/C18H22N2/c1-14-8-10-17(11-9-14)20-13-15(2)19-12-18(20)16-6-4-3-5-7-16/h3-11,15,18-19H,12-13H2,1-2H3. The van der Waals surface area contributed by atoms with Crippen LogP contribution in [0.15, 0.2) is 54.6 Å². The Morgan fingerprint density at radius 2 is 1.70 bits per heavy atom. The molecule has 2 aromatic rings. The lowest BCUT2D eigenvalue weighted by Crippen LogP contribution is -2.51. The fraction of sp³-hybridized carbons (Fsp3) is 0.333. The van der Waals surface area contributed by atoms with E-state index in [-0.39, 0.29) is 0 Å². The summed E-state index contributed by atoms with van der Waals surface area (Å²) in [7, 11) is 0. The molecule has 104 valence electrons. The summed E-state index contributed by atoms with van der Waals surface area (Å²) in [5.41, 5.74) is 4.01. The molecule has 1 N–H and O–H groups in total. The van der Waals surface area contributed by atoms with Gasteiger partial charge in [0.25, 0.3) is 0 Å². The van der Waals surface area contributed by atoms with Crippen LogP contribution in [0.5, 0.6) is 0 Å². The van der Waals surface area contributed by atoms with E-state index in [9.17, 15) is 0 Å². The monoisotopic (exact) mass is 266 g/mol. The first-order valence-corrected chi connectivity index (χ1v) is 7.35. The molecule has 1 heterocycles. The smallest absolute Gasteiger partial charge is 0.0667 e. The number of benzene rings is 2. The minimum atomic E-state index is 0.412. The Balaban J connectivity index is 1.93. The van der Waals surface area contributed by atoms with Gasteiger partial charge in [-0.1, -0.05) is 48.0 Å². The maximum Gasteiger partial charge on any atom is 0.0667 e. The Labute approximate surface area is 121 Å². The lowest BCUT2D eigenvalue weighted by Gasteiger charge is -2.41. The van der Waals surface area contributed by atoms with Gasteiger partial charge in [-0.25, -0.2) is 0 Å². The second-order valence-corrected chi connectivity index (χ2v) is 5.72. The van der Waals surface area contributed by atoms with E-state index in [0.29, 0.717) is 12.1 Å². The van der Waals surface area contributed by atoms with E-state index >= 15 is 0 Å². The maximum absolute atomic E-state index is 3.60. The molecular formula is C18H22N2. The average molecular weight is 266 g/mol. The molecular weight excluding hydrogens is 244 g/mol. The predicted octanol–water partition coefficient (Wildman–Crippen LogP) is 3.53. The minimum Gasteiger partial charge on any atom is -0.362 e. The minimum absolute atomic E-state index is 0.412. The van der Waals surface area contributed by atoms with Crippen LogP contribution in [0.4, 0.5) is 5.69 Å². The number of aryl methyl sites for hydroxylation is 1. The summed E-state index contributed by atoms with van der Waals surface area (Å²) in [6.45, 7) is 6.43. The van der Waals surface area contributed by atoms with Gasteiger partial charge in [-0.15, -0.1) is 0 Å². The summed E-state index contributed by atoms with van der Waals surface area (Å²) in [6.07, 6.45) is 0. The molecule has 2 unspecified atom stereocenters. The van der Waals surface area contributed by atoms with Crippen molar-refractivity contribution in [3.05, 3.63) is 65.7 Å². The largest absolute Gasteiger partial charge is 0.362 e. The van der Waals surface area contributed by atoms with Crippen LogP contribution in [0.2, 0.25) is 0 Å². The van der Waals surface area contributed by atoms with Gasteiger partial charge in [-0.3, -0.25) is 0 Å². The first-order chi connectivity index (χ1) is 9.74. The molecule has 0 radical (unpaired) electrons. The third-order valence-electron chi connectivity index (χ3n) is 4.06. The molecule has 2 atom stereocenters. The van der Waals surface area contributed by atoms with E-state index in [1.54, 1.807) is 0 Å². The average Bonchev–Trinajstić information content (AvgIpc) is 2.49. The number of anilines is 1. The quantitative estimate of drug-likeness (QED) is 0.894. The summed E-state index contributed by atoms with van der Waals surface area (Å²) in [5, 5.41) is 3.60. The highest BCUT2D eigenvalue weighted by Gasteiger charge is 2.26. The number of piperazine rings is 1. The van der Waals surface area contributed by atoms with Crippen molar-refractivity contribution in [3.8, 4) is 0 Å². The molecule has 2 aromatic carbocycles. The number of nitrogens with one attached hydrogen (secondary N) is 1. The summed E-state index contributed by atoms with van der Waals surface area (Å²) in [5.74, 6) is 0. The van der Waals surface area contributed by atoms with E-state index in [0.717, 1.165) is 13.1 Å². The second kappa shape index (κ2) is 5.68. The molecule has 2 heteroatoms. The first kappa shape index (κ1) is 13.2. The first-order valence-electron chi connectivity index (χ1n) is 7.35. The zero-order valence-electron chi connectivity index (χ0n) is 12.2. The summed E-state index contributed by atoms with van der Waals surface area (Å²) in [4.78, 5) is 2.52. The van der Waals surface area contributed by atoms with Crippen molar-refractivity contribution in [2.24, 2.45) is 0 Å². The van der Waals surface area contributed by atoms with Crippen LogP contribution in [0.1, 0.15) is 24.1 Å². The van der Waals surface area contributed by atoms with E-state index < -0.39 is 0 Å². The van der Waals surface area contributed by atoms with Crippen molar-refractivity contribution in [1.82, 2.24) is 5.32 Å². The Morgan fingerprint density at radius 3 is 2.40 bits per heavy atom. The maximum atomic E-state index is 3.60. The van der Waals surface area contributed by atoms with Gasteiger partial charge in [0.2, 0.25) is 0 Å². The third kappa shape index (κ3) is 2.70. The van der Waals surface area contributed by atoms with Crippen LogP contribution in [-0.4, -0.2) is 19.1 Å². The van der Waals surface area contributed by atoms with Gasteiger partial charge >= 0.3 is 0 Å². The molecule has 0 aromatic heterocycles. The fourth-order valence-electron chi connectivity index (χ4n) is 2.90. The Hall–Kier alpha value is -1.80. The highest BCUT2D eigenvalue weighted by atomic mass is 15.2. The van der Waals surface area contributed by atoms with Gasteiger partial charge in [0.1, 0.15) is 0 Å². The summed E-state index contributed by atoms with van der Waals surface area (Å²) >= 11 is 0. The van der Waals surface area contributed by atoms with Crippen LogP contribution in [-0.2, 0) is 0 Å². The lowest BCUT2D eigenvalue weighted by molar-refractivity contribution is 0.416. The van der Waals surface area contributed by atoms with Crippen LogP contribution in [0.25, 0.3) is 0 Å². The normalized spacial score (nSPS) is 22.8. The fourth-order valence-corrected chi connectivity index (χ4v) is 2.90. The van der Waals surface area contributed by atoms with Gasteiger partial charge in [0, 0.05) is 24.8 Å². The van der Waals surface area contributed by atoms with Gasteiger partial charge in [0.05, 0.1) is 6.04 Å². The highest BCUT2D eigenvalue weighted by molar-refractivity contribution is 5.51. The zero-order valence-corrected chi connectivity index (χ0v) is 12.2. The SMILES string of the molecule is Cc1ccc(N2CC(C)NCC2c2ccccc2)cc1. The van der Waals surface area contributed by atoms with Gasteiger partial charge in [-0.05, 0) is 31.5 Å². The number of nitrogens with zero attached hydrogens (tertiary/aromatic N) is 1. The third-order valence-corrected chi connectivity index (χ3v) is 4.06. The van der Waals surface area contributed by atoms with Crippen LogP contribution >= 0.6 is 0 Å². The molecule has 1 fully saturated rings. The second-order valence-electron chi connectivity index (χ2n) is 5.72. The van der Waals surface area contributed by atoms with Crippen molar-refractivity contribution in [2.45, 2.75) is 25.9 Å². The van der Waals surface area contributed by atoms with Crippen molar-refractivity contribution in [2.75, 3.05) is 18.0 Å². The van der Waals surface area contributed by atoms with Crippen LogP contribution in [0.3, 0.4) is 0 Å². The van der Waals surface area contributed by atoms with Crippen molar-refractivity contribution < 1.29 is 0 Å². The Morgan fingerprint density at radius 1 is 1.00 bits per heavy atom.